The molecule has 144 valence electrons. The molecule has 1 fully saturated rings. The highest BCUT2D eigenvalue weighted by Gasteiger charge is 2.32. The number of likely N-dealkylation sites (tertiary alicyclic amines) is 1. The molecule has 0 saturated carbocycles. The van der Waals surface area contributed by atoms with Crippen LogP contribution in [0.4, 0.5) is 0 Å². The van der Waals surface area contributed by atoms with Crippen molar-refractivity contribution in [3.63, 3.8) is 0 Å². The predicted octanol–water partition coefficient (Wildman–Crippen LogP) is 3.97. The fraction of sp³-hybridized carbons (Fsp3) is 0.286. The van der Waals surface area contributed by atoms with E-state index in [0.29, 0.717) is 29.6 Å². The van der Waals surface area contributed by atoms with Crippen LogP contribution in [0.5, 0.6) is 0 Å². The lowest BCUT2D eigenvalue weighted by atomic mass is 10.0. The summed E-state index contributed by atoms with van der Waals surface area (Å²) in [4.78, 5) is 33.3. The Morgan fingerprint density at radius 2 is 2.07 bits per heavy atom. The van der Waals surface area contributed by atoms with Crippen LogP contribution < -0.4 is 5.56 Å². The Balaban J connectivity index is 1.57. The Kier molecular flexibility index (Phi) is 5.30. The second-order valence-corrected chi connectivity index (χ2v) is 7.28. The number of halogens is 1. The molecule has 0 aliphatic carbocycles. The summed E-state index contributed by atoms with van der Waals surface area (Å²) in [5, 5.41) is 0.683. The molecule has 1 amide bonds. The number of piperidine rings is 1. The molecule has 3 heterocycles. The number of benzene rings is 1. The second-order valence-electron chi connectivity index (χ2n) is 6.87. The summed E-state index contributed by atoms with van der Waals surface area (Å²) in [6, 6.07) is 12.0. The van der Waals surface area contributed by atoms with Crippen molar-refractivity contribution in [2.75, 3.05) is 6.54 Å². The molecule has 1 aromatic carbocycles. The molecule has 28 heavy (non-hydrogen) atoms. The van der Waals surface area contributed by atoms with Gasteiger partial charge in [-0.3, -0.25) is 9.59 Å². The van der Waals surface area contributed by atoms with Gasteiger partial charge in [0.1, 0.15) is 17.5 Å². The zero-order valence-corrected chi connectivity index (χ0v) is 16.0. The number of hydrogen-bond acceptors (Lipinski definition) is 4. The first-order valence-electron chi connectivity index (χ1n) is 9.30. The first-order valence-corrected chi connectivity index (χ1v) is 9.68. The fourth-order valence-electron chi connectivity index (χ4n) is 3.55. The van der Waals surface area contributed by atoms with E-state index in [-0.39, 0.29) is 23.2 Å². The topological polar surface area (TPSA) is 79.2 Å². The Labute approximate surface area is 167 Å². The smallest absolute Gasteiger partial charge is 0.271 e. The van der Waals surface area contributed by atoms with Gasteiger partial charge in [0.2, 0.25) is 11.4 Å². The molecule has 7 heteroatoms. The molecule has 6 nitrogen and oxygen atoms in total. The van der Waals surface area contributed by atoms with Gasteiger partial charge in [-0.05, 0) is 37.0 Å². The number of aromatic amines is 1. The number of carbonyl (C=O) groups is 1. The maximum Gasteiger partial charge on any atom is 0.271 e. The lowest BCUT2D eigenvalue weighted by molar-refractivity contribution is 0.0563. The normalized spacial score (nSPS) is 16.9. The monoisotopic (exact) mass is 397 g/mol. The predicted molar refractivity (Wildman–Crippen MR) is 105 cm³/mol. The Hall–Kier alpha value is -2.86. The van der Waals surface area contributed by atoms with Crippen LogP contribution in [-0.2, 0) is 6.42 Å². The summed E-state index contributed by atoms with van der Waals surface area (Å²) in [6.45, 7) is 0.600. The molecular formula is C21H20ClN3O3. The lowest BCUT2D eigenvalue weighted by Gasteiger charge is -2.33. The Morgan fingerprint density at radius 1 is 1.21 bits per heavy atom. The number of pyridine rings is 1. The van der Waals surface area contributed by atoms with Crippen LogP contribution in [0.15, 0.2) is 57.9 Å². The Bertz CT molecular complexity index is 1040. The van der Waals surface area contributed by atoms with E-state index in [2.05, 4.69) is 9.97 Å². The summed E-state index contributed by atoms with van der Waals surface area (Å²) < 4.78 is 5.99. The number of oxazole rings is 1. The number of aromatic nitrogens is 2. The van der Waals surface area contributed by atoms with Crippen molar-refractivity contribution in [3.05, 3.63) is 86.9 Å². The molecule has 1 aliphatic rings. The van der Waals surface area contributed by atoms with Crippen LogP contribution in [0, 0.1) is 0 Å². The van der Waals surface area contributed by atoms with Crippen molar-refractivity contribution in [1.82, 2.24) is 14.9 Å². The first kappa shape index (κ1) is 18.5. The molecule has 0 radical (unpaired) electrons. The third kappa shape index (κ3) is 3.87. The van der Waals surface area contributed by atoms with E-state index in [0.717, 1.165) is 24.8 Å². The largest absolute Gasteiger partial charge is 0.443 e. The van der Waals surface area contributed by atoms with E-state index in [1.54, 1.807) is 23.2 Å². The molecule has 4 rings (SSSR count). The number of rotatable bonds is 4. The number of nitrogens with zero attached hydrogens (tertiary/aromatic N) is 2. The summed E-state index contributed by atoms with van der Waals surface area (Å²) >= 11 is 6.23. The van der Waals surface area contributed by atoms with Gasteiger partial charge >= 0.3 is 0 Å². The number of H-pyrrole nitrogens is 1. The van der Waals surface area contributed by atoms with Gasteiger partial charge in [-0.25, -0.2) is 4.98 Å². The van der Waals surface area contributed by atoms with Crippen LogP contribution in [-0.4, -0.2) is 27.3 Å². The van der Waals surface area contributed by atoms with Gasteiger partial charge in [0.15, 0.2) is 0 Å². The molecule has 0 spiro atoms. The van der Waals surface area contributed by atoms with Gasteiger partial charge in [-0.1, -0.05) is 35.9 Å². The Morgan fingerprint density at radius 3 is 2.89 bits per heavy atom. The minimum Gasteiger partial charge on any atom is -0.443 e. The number of carbonyl (C=O) groups excluding carboxylic acids is 1. The van der Waals surface area contributed by atoms with Gasteiger partial charge in [0.05, 0.1) is 6.20 Å². The van der Waals surface area contributed by atoms with Gasteiger partial charge in [-0.15, -0.1) is 0 Å². The summed E-state index contributed by atoms with van der Waals surface area (Å²) in [6.07, 6.45) is 4.91. The maximum atomic E-state index is 12.9. The molecule has 1 atom stereocenters. The van der Waals surface area contributed by atoms with Gasteiger partial charge < -0.3 is 14.3 Å². The van der Waals surface area contributed by atoms with Gasteiger partial charge in [0, 0.05) is 24.1 Å². The van der Waals surface area contributed by atoms with Crippen LogP contribution in [0.2, 0.25) is 5.02 Å². The van der Waals surface area contributed by atoms with Crippen molar-refractivity contribution in [3.8, 4) is 0 Å². The van der Waals surface area contributed by atoms with Crippen molar-refractivity contribution in [2.24, 2.45) is 0 Å². The molecule has 1 N–H and O–H groups in total. The summed E-state index contributed by atoms with van der Waals surface area (Å²) in [5.41, 5.74) is 0.949. The van der Waals surface area contributed by atoms with Crippen LogP contribution in [0.1, 0.15) is 53.0 Å². The summed E-state index contributed by atoms with van der Waals surface area (Å²) in [5.74, 6) is 1.01. The fourth-order valence-corrected chi connectivity index (χ4v) is 3.75. The quantitative estimate of drug-likeness (QED) is 0.722. The van der Waals surface area contributed by atoms with Crippen LogP contribution in [0.3, 0.4) is 0 Å². The number of amides is 1. The highest BCUT2D eigenvalue weighted by Crippen LogP contribution is 2.32. The van der Waals surface area contributed by atoms with Crippen LogP contribution in [0.25, 0.3) is 0 Å². The molecular weight excluding hydrogens is 378 g/mol. The van der Waals surface area contributed by atoms with E-state index in [1.807, 2.05) is 24.3 Å². The molecule has 1 unspecified atom stereocenters. The number of nitrogens with one attached hydrogen (secondary N) is 1. The zero-order valence-electron chi connectivity index (χ0n) is 15.2. The molecule has 3 aromatic rings. The third-order valence-electron chi connectivity index (χ3n) is 4.94. The zero-order chi connectivity index (χ0) is 19.5. The van der Waals surface area contributed by atoms with E-state index in [9.17, 15) is 9.59 Å². The maximum absolute atomic E-state index is 12.9. The van der Waals surface area contributed by atoms with E-state index >= 15 is 0 Å². The van der Waals surface area contributed by atoms with Crippen LogP contribution >= 0.6 is 11.6 Å². The van der Waals surface area contributed by atoms with Crippen molar-refractivity contribution in [2.45, 2.75) is 31.7 Å². The minimum atomic E-state index is -0.294. The second kappa shape index (κ2) is 8.02. The van der Waals surface area contributed by atoms with Crippen molar-refractivity contribution in [1.29, 1.82) is 0 Å². The molecule has 0 bridgehead atoms. The van der Waals surface area contributed by atoms with E-state index in [1.165, 1.54) is 6.07 Å². The van der Waals surface area contributed by atoms with E-state index < -0.39 is 0 Å². The highest BCUT2D eigenvalue weighted by molar-refractivity contribution is 6.31. The van der Waals surface area contributed by atoms with Gasteiger partial charge in [0.25, 0.3) is 5.91 Å². The van der Waals surface area contributed by atoms with E-state index in [4.69, 9.17) is 16.0 Å². The average Bonchev–Trinajstić information content (AvgIpc) is 3.18. The molecule has 1 saturated heterocycles. The molecule has 2 aromatic heterocycles. The average molecular weight is 398 g/mol. The third-order valence-corrected chi connectivity index (χ3v) is 5.31. The van der Waals surface area contributed by atoms with Crippen molar-refractivity contribution >= 4 is 17.5 Å². The lowest BCUT2D eigenvalue weighted by Crippen LogP contribution is -2.39. The summed E-state index contributed by atoms with van der Waals surface area (Å²) in [7, 11) is 0. The SMILES string of the molecule is O=C(c1cccc(=O)[nH]1)N1CCCCC1c1ncc(Cc2ccccc2Cl)o1. The number of hydrogen-bond donors (Lipinski definition) is 1. The highest BCUT2D eigenvalue weighted by atomic mass is 35.5. The minimum absolute atomic E-state index is 0.215. The first-order chi connectivity index (χ1) is 13.6. The molecule has 1 aliphatic heterocycles. The van der Waals surface area contributed by atoms with Crippen molar-refractivity contribution < 1.29 is 9.21 Å². The standard InChI is InChI=1S/C21H20ClN3O3/c22-16-7-2-1-6-14(16)12-15-13-23-20(28-15)18-9-3-4-11-25(18)21(27)17-8-5-10-19(26)24-17/h1-2,5-8,10,13,18H,3-4,9,11-12H2,(H,24,26). The van der Waals surface area contributed by atoms with Gasteiger partial charge in [-0.2, -0.15) is 0 Å².